The van der Waals surface area contributed by atoms with E-state index in [1.54, 1.807) is 0 Å². The summed E-state index contributed by atoms with van der Waals surface area (Å²) < 4.78 is 6.36. The number of fused-ring (bicyclic) bond motifs is 1. The van der Waals surface area contributed by atoms with Crippen molar-refractivity contribution in [2.24, 2.45) is 0 Å². The van der Waals surface area contributed by atoms with Crippen LogP contribution in [0.4, 0.5) is 0 Å². The first kappa shape index (κ1) is 10.0. The molecule has 0 unspecified atom stereocenters. The number of benzene rings is 1. The summed E-state index contributed by atoms with van der Waals surface area (Å²) in [6.07, 6.45) is 0. The summed E-state index contributed by atoms with van der Waals surface area (Å²) in [5.74, 6) is 0.441. The average Bonchev–Trinajstić information content (AvgIpc) is 2.84. The van der Waals surface area contributed by atoms with Crippen LogP contribution < -0.4 is 0 Å². The Bertz CT molecular complexity index is 713. The maximum Gasteiger partial charge on any atom is 0.284 e. The molecule has 0 amide bonds. The summed E-state index contributed by atoms with van der Waals surface area (Å²) in [7, 11) is 0. The third-order valence-corrected chi connectivity index (χ3v) is 4.01. The van der Waals surface area contributed by atoms with Gasteiger partial charge < -0.3 is 4.42 Å². The molecule has 0 radical (unpaired) electrons. The van der Waals surface area contributed by atoms with Gasteiger partial charge in [-0.1, -0.05) is 29.8 Å². The fraction of sp³-hybridized carbons (Fsp3) is 0. The number of H-pyrrole nitrogens is 1. The molecule has 0 aliphatic heterocycles. The van der Waals surface area contributed by atoms with E-state index in [4.69, 9.17) is 28.2 Å². The SMILES string of the molecule is S=c1[nH]nc(-c2sc3ccccc3c2Cl)o1. The van der Waals surface area contributed by atoms with E-state index >= 15 is 0 Å². The normalized spacial score (nSPS) is 11.1. The highest BCUT2D eigenvalue weighted by Gasteiger charge is 2.15. The highest BCUT2D eigenvalue weighted by molar-refractivity contribution is 7.71. The molecule has 0 fully saturated rings. The van der Waals surface area contributed by atoms with E-state index in [2.05, 4.69) is 10.2 Å². The van der Waals surface area contributed by atoms with E-state index in [-0.39, 0.29) is 4.84 Å². The largest absolute Gasteiger partial charge is 0.408 e. The van der Waals surface area contributed by atoms with E-state index in [0.29, 0.717) is 10.9 Å². The lowest BCUT2D eigenvalue weighted by molar-refractivity contribution is 0.553. The summed E-state index contributed by atoms with van der Waals surface area (Å²) >= 11 is 12.6. The molecule has 2 heterocycles. The van der Waals surface area contributed by atoms with E-state index in [9.17, 15) is 0 Å². The molecule has 3 aromatic rings. The molecule has 0 saturated carbocycles. The Kier molecular flexibility index (Phi) is 2.31. The van der Waals surface area contributed by atoms with Crippen molar-refractivity contribution in [2.75, 3.05) is 0 Å². The second kappa shape index (κ2) is 3.69. The van der Waals surface area contributed by atoms with Crippen molar-refractivity contribution in [2.45, 2.75) is 0 Å². The van der Waals surface area contributed by atoms with Crippen LogP contribution >= 0.6 is 35.2 Å². The average molecular weight is 269 g/mol. The first-order chi connectivity index (χ1) is 7.75. The second-order valence-electron chi connectivity index (χ2n) is 3.16. The van der Waals surface area contributed by atoms with Gasteiger partial charge in [0.05, 0.1) is 5.02 Å². The molecule has 3 rings (SSSR count). The van der Waals surface area contributed by atoms with E-state index in [1.165, 1.54) is 11.3 Å². The fourth-order valence-corrected chi connectivity index (χ4v) is 3.04. The minimum atomic E-state index is 0.253. The summed E-state index contributed by atoms with van der Waals surface area (Å²) in [6, 6.07) is 7.90. The van der Waals surface area contributed by atoms with Crippen LogP contribution in [0.2, 0.25) is 5.02 Å². The highest BCUT2D eigenvalue weighted by Crippen LogP contribution is 2.40. The molecule has 80 valence electrons. The van der Waals surface area contributed by atoms with Crippen LogP contribution in [-0.2, 0) is 0 Å². The molecular weight excluding hydrogens is 264 g/mol. The van der Waals surface area contributed by atoms with Crippen LogP contribution in [-0.4, -0.2) is 10.2 Å². The van der Waals surface area contributed by atoms with Gasteiger partial charge in [0.2, 0.25) is 0 Å². The molecule has 0 atom stereocenters. The molecule has 0 saturated heterocycles. The Balaban J connectivity index is 2.32. The monoisotopic (exact) mass is 268 g/mol. The predicted molar refractivity (Wildman–Crippen MR) is 67.5 cm³/mol. The van der Waals surface area contributed by atoms with Crippen molar-refractivity contribution >= 4 is 45.2 Å². The van der Waals surface area contributed by atoms with Crippen LogP contribution in [0.5, 0.6) is 0 Å². The summed E-state index contributed by atoms with van der Waals surface area (Å²) in [4.78, 5) is 1.05. The van der Waals surface area contributed by atoms with Crippen molar-refractivity contribution in [1.82, 2.24) is 10.2 Å². The molecular formula is C10H5ClN2OS2. The molecule has 1 N–H and O–H groups in total. The van der Waals surface area contributed by atoms with Gasteiger partial charge in [-0.05, 0) is 18.3 Å². The molecule has 16 heavy (non-hydrogen) atoms. The number of hydrogen-bond acceptors (Lipinski definition) is 4. The standard InChI is InChI=1S/C10H5ClN2OS2/c11-7-5-3-1-2-4-6(5)16-8(7)9-12-13-10(15)14-9/h1-4H,(H,13,15). The van der Waals surface area contributed by atoms with Crippen molar-refractivity contribution in [3.63, 3.8) is 0 Å². The Labute approximate surface area is 105 Å². The maximum absolute atomic E-state index is 6.26. The van der Waals surface area contributed by atoms with E-state index in [0.717, 1.165) is 15.0 Å². The van der Waals surface area contributed by atoms with Crippen molar-refractivity contribution in [3.8, 4) is 10.8 Å². The molecule has 1 aromatic carbocycles. The number of aromatic nitrogens is 2. The quantitative estimate of drug-likeness (QED) is 0.670. The molecule has 2 aromatic heterocycles. The van der Waals surface area contributed by atoms with Gasteiger partial charge in [0, 0.05) is 10.1 Å². The van der Waals surface area contributed by atoms with Crippen LogP contribution in [0.15, 0.2) is 28.7 Å². The lowest BCUT2D eigenvalue weighted by Crippen LogP contribution is -1.72. The molecule has 0 aliphatic carbocycles. The minimum Gasteiger partial charge on any atom is -0.408 e. The zero-order chi connectivity index (χ0) is 11.1. The Morgan fingerprint density at radius 3 is 2.88 bits per heavy atom. The summed E-state index contributed by atoms with van der Waals surface area (Å²) in [6.45, 7) is 0. The molecule has 0 bridgehead atoms. The molecule has 3 nitrogen and oxygen atoms in total. The van der Waals surface area contributed by atoms with Gasteiger partial charge >= 0.3 is 0 Å². The van der Waals surface area contributed by atoms with Crippen LogP contribution in [0.25, 0.3) is 20.9 Å². The number of halogens is 1. The maximum atomic E-state index is 6.26. The molecule has 6 heteroatoms. The number of nitrogens with one attached hydrogen (secondary N) is 1. The van der Waals surface area contributed by atoms with Gasteiger partial charge in [-0.3, -0.25) is 0 Å². The predicted octanol–water partition coefficient (Wildman–Crippen LogP) is 4.27. The third-order valence-electron chi connectivity index (χ3n) is 2.17. The number of rotatable bonds is 1. The minimum absolute atomic E-state index is 0.253. The highest BCUT2D eigenvalue weighted by atomic mass is 35.5. The van der Waals surface area contributed by atoms with Crippen molar-refractivity contribution < 1.29 is 4.42 Å². The van der Waals surface area contributed by atoms with Gasteiger partial charge in [-0.2, -0.15) is 0 Å². The van der Waals surface area contributed by atoms with Crippen molar-refractivity contribution in [3.05, 3.63) is 34.1 Å². The lowest BCUT2D eigenvalue weighted by atomic mass is 10.2. The van der Waals surface area contributed by atoms with Gasteiger partial charge in [0.25, 0.3) is 10.7 Å². The number of nitrogens with zero attached hydrogens (tertiary/aromatic N) is 1. The number of thiophene rings is 1. The van der Waals surface area contributed by atoms with Gasteiger partial charge in [-0.25, -0.2) is 5.10 Å². The van der Waals surface area contributed by atoms with Crippen LogP contribution in [0.3, 0.4) is 0 Å². The van der Waals surface area contributed by atoms with Gasteiger partial charge in [0.15, 0.2) is 0 Å². The van der Waals surface area contributed by atoms with Crippen molar-refractivity contribution in [1.29, 1.82) is 0 Å². The van der Waals surface area contributed by atoms with E-state index < -0.39 is 0 Å². The van der Waals surface area contributed by atoms with Gasteiger partial charge in [0.1, 0.15) is 4.88 Å². The number of hydrogen-bond donors (Lipinski definition) is 1. The zero-order valence-corrected chi connectivity index (χ0v) is 10.2. The topological polar surface area (TPSA) is 41.8 Å². The molecule has 0 spiro atoms. The smallest absolute Gasteiger partial charge is 0.284 e. The zero-order valence-electron chi connectivity index (χ0n) is 7.86. The Hall–Kier alpha value is -1.17. The number of aromatic amines is 1. The molecule has 0 aliphatic rings. The Morgan fingerprint density at radius 2 is 2.19 bits per heavy atom. The first-order valence-electron chi connectivity index (χ1n) is 4.48. The first-order valence-corrected chi connectivity index (χ1v) is 6.09. The van der Waals surface area contributed by atoms with E-state index in [1.807, 2.05) is 24.3 Å². The van der Waals surface area contributed by atoms with Crippen LogP contribution in [0, 0.1) is 4.84 Å². The second-order valence-corrected chi connectivity index (χ2v) is 4.96. The fourth-order valence-electron chi connectivity index (χ4n) is 1.48. The summed E-state index contributed by atoms with van der Waals surface area (Å²) in [5, 5.41) is 8.22. The van der Waals surface area contributed by atoms with Crippen LogP contribution in [0.1, 0.15) is 0 Å². The van der Waals surface area contributed by atoms with Gasteiger partial charge in [-0.15, -0.1) is 16.4 Å². The summed E-state index contributed by atoms with van der Waals surface area (Å²) in [5.41, 5.74) is 0. The third kappa shape index (κ3) is 1.48. The Morgan fingerprint density at radius 1 is 1.38 bits per heavy atom. The lowest BCUT2D eigenvalue weighted by Gasteiger charge is -1.88.